The third-order valence-electron chi connectivity index (χ3n) is 1.70. The molecule has 7 heteroatoms. The van der Waals surface area contributed by atoms with Crippen molar-refractivity contribution in [2.24, 2.45) is 5.73 Å². The Labute approximate surface area is 93.7 Å². The van der Waals surface area contributed by atoms with Gasteiger partial charge in [0.15, 0.2) is 0 Å². The zero-order valence-corrected chi connectivity index (χ0v) is 9.55. The number of nitrogens with one attached hydrogen (secondary N) is 1. The Morgan fingerprint density at radius 3 is 2.87 bits per heavy atom. The molecule has 0 aliphatic rings. The Balaban J connectivity index is 2.83. The first-order chi connectivity index (χ1) is 7.08. The first-order valence-corrected chi connectivity index (χ1v) is 6.23. The molecule has 15 heavy (non-hydrogen) atoms. The Bertz CT molecular complexity index is 422. The summed E-state index contributed by atoms with van der Waals surface area (Å²) >= 11 is 5.74. The average Bonchev–Trinajstić information content (AvgIpc) is 2.18. The summed E-state index contributed by atoms with van der Waals surface area (Å²) in [6, 6.07) is 1.43. The molecule has 1 rings (SSSR count). The lowest BCUT2D eigenvalue weighted by Crippen LogP contribution is -2.26. The first kappa shape index (κ1) is 12.4. The molecule has 0 aliphatic carbocycles. The number of nitrogens with zero attached hydrogens (tertiary/aromatic N) is 1. The second kappa shape index (κ2) is 5.41. The highest BCUT2D eigenvalue weighted by Crippen LogP contribution is 2.18. The van der Waals surface area contributed by atoms with E-state index in [4.69, 9.17) is 17.3 Å². The van der Waals surface area contributed by atoms with Gasteiger partial charge in [-0.1, -0.05) is 11.6 Å². The van der Waals surface area contributed by atoms with E-state index < -0.39 is 10.0 Å². The number of aromatic nitrogens is 1. The van der Waals surface area contributed by atoms with Crippen molar-refractivity contribution in [3.8, 4) is 0 Å². The molecule has 3 N–H and O–H groups in total. The molecule has 0 saturated carbocycles. The van der Waals surface area contributed by atoms with E-state index in [2.05, 4.69) is 9.71 Å². The monoisotopic (exact) mass is 249 g/mol. The molecule has 1 aromatic heterocycles. The Hall–Kier alpha value is -0.690. The summed E-state index contributed by atoms with van der Waals surface area (Å²) in [6.07, 6.45) is 3.23. The summed E-state index contributed by atoms with van der Waals surface area (Å²) in [6.45, 7) is 0.730. The maximum atomic E-state index is 11.7. The molecule has 0 atom stereocenters. The first-order valence-electron chi connectivity index (χ1n) is 4.37. The highest BCUT2D eigenvalue weighted by atomic mass is 35.5. The molecule has 0 fully saturated rings. The fourth-order valence-electron chi connectivity index (χ4n) is 0.947. The Morgan fingerprint density at radius 2 is 2.27 bits per heavy atom. The molecule has 0 bridgehead atoms. The lowest BCUT2D eigenvalue weighted by Gasteiger charge is -2.06. The lowest BCUT2D eigenvalue weighted by molar-refractivity contribution is 0.579. The van der Waals surface area contributed by atoms with Crippen LogP contribution in [-0.2, 0) is 10.0 Å². The van der Waals surface area contributed by atoms with E-state index in [-0.39, 0.29) is 9.92 Å². The number of sulfonamides is 1. The van der Waals surface area contributed by atoms with Crippen LogP contribution >= 0.6 is 11.6 Å². The van der Waals surface area contributed by atoms with Crippen molar-refractivity contribution in [2.75, 3.05) is 13.1 Å². The number of nitrogens with two attached hydrogens (primary N) is 1. The van der Waals surface area contributed by atoms with Gasteiger partial charge in [0.05, 0.1) is 5.02 Å². The third-order valence-corrected chi connectivity index (χ3v) is 3.63. The van der Waals surface area contributed by atoms with Crippen LogP contribution in [0.3, 0.4) is 0 Å². The second-order valence-electron chi connectivity index (χ2n) is 2.85. The van der Waals surface area contributed by atoms with Crippen LogP contribution in [0, 0.1) is 0 Å². The third kappa shape index (κ3) is 3.42. The fraction of sp³-hybridized carbons (Fsp3) is 0.375. The van der Waals surface area contributed by atoms with Crippen molar-refractivity contribution < 1.29 is 8.42 Å². The van der Waals surface area contributed by atoms with Gasteiger partial charge in [-0.2, -0.15) is 0 Å². The van der Waals surface area contributed by atoms with E-state index in [1.54, 1.807) is 0 Å². The van der Waals surface area contributed by atoms with Crippen molar-refractivity contribution in [1.29, 1.82) is 0 Å². The molecule has 0 saturated heterocycles. The predicted octanol–water partition coefficient (Wildman–Crippen LogP) is 0.362. The van der Waals surface area contributed by atoms with Crippen molar-refractivity contribution in [3.05, 3.63) is 23.5 Å². The molecule has 0 spiro atoms. The van der Waals surface area contributed by atoms with E-state index in [0.717, 1.165) is 0 Å². The molecule has 0 radical (unpaired) electrons. The molecular weight excluding hydrogens is 238 g/mol. The van der Waals surface area contributed by atoms with Crippen LogP contribution in [0.15, 0.2) is 23.4 Å². The van der Waals surface area contributed by atoms with E-state index in [0.29, 0.717) is 19.5 Å². The summed E-state index contributed by atoms with van der Waals surface area (Å²) in [5.74, 6) is 0. The second-order valence-corrected chi connectivity index (χ2v) is 4.99. The van der Waals surface area contributed by atoms with Crippen molar-refractivity contribution >= 4 is 21.6 Å². The van der Waals surface area contributed by atoms with Crippen LogP contribution in [-0.4, -0.2) is 26.5 Å². The van der Waals surface area contributed by atoms with Crippen LogP contribution < -0.4 is 10.5 Å². The van der Waals surface area contributed by atoms with Gasteiger partial charge in [0, 0.05) is 18.9 Å². The van der Waals surface area contributed by atoms with Crippen molar-refractivity contribution in [3.63, 3.8) is 0 Å². The zero-order valence-electron chi connectivity index (χ0n) is 7.98. The van der Waals surface area contributed by atoms with Gasteiger partial charge >= 0.3 is 0 Å². The summed E-state index contributed by atoms with van der Waals surface area (Å²) in [5, 5.41) is 0.158. The van der Waals surface area contributed by atoms with Gasteiger partial charge in [-0.15, -0.1) is 0 Å². The zero-order chi connectivity index (χ0) is 11.3. The molecule has 0 aliphatic heterocycles. The average molecular weight is 250 g/mol. The number of halogens is 1. The number of hydrogen-bond donors (Lipinski definition) is 2. The van der Waals surface area contributed by atoms with Crippen LogP contribution in [0.1, 0.15) is 6.42 Å². The summed E-state index contributed by atoms with van der Waals surface area (Å²) in [5.41, 5.74) is 5.25. The maximum absolute atomic E-state index is 11.7. The Kier molecular flexibility index (Phi) is 4.46. The van der Waals surface area contributed by atoms with Gasteiger partial charge in [-0.3, -0.25) is 4.98 Å². The van der Waals surface area contributed by atoms with Crippen molar-refractivity contribution in [1.82, 2.24) is 9.71 Å². The number of hydrogen-bond acceptors (Lipinski definition) is 4. The molecule has 0 unspecified atom stereocenters. The van der Waals surface area contributed by atoms with Gasteiger partial charge < -0.3 is 5.73 Å². The largest absolute Gasteiger partial charge is 0.330 e. The van der Waals surface area contributed by atoms with Gasteiger partial charge in [0.25, 0.3) is 0 Å². The minimum Gasteiger partial charge on any atom is -0.330 e. The van der Waals surface area contributed by atoms with Crippen molar-refractivity contribution in [2.45, 2.75) is 11.3 Å². The topological polar surface area (TPSA) is 85.1 Å². The van der Waals surface area contributed by atoms with Crippen LogP contribution in [0.2, 0.25) is 5.02 Å². The molecule has 5 nitrogen and oxygen atoms in total. The summed E-state index contributed by atoms with van der Waals surface area (Å²) < 4.78 is 25.7. The van der Waals surface area contributed by atoms with E-state index >= 15 is 0 Å². The quantitative estimate of drug-likeness (QED) is 0.738. The summed E-state index contributed by atoms with van der Waals surface area (Å²) in [4.78, 5) is 3.70. The van der Waals surface area contributed by atoms with Crippen LogP contribution in [0.5, 0.6) is 0 Å². The lowest BCUT2D eigenvalue weighted by atomic mass is 10.4. The molecular formula is C8H12ClN3O2S. The van der Waals surface area contributed by atoms with Gasteiger partial charge in [-0.05, 0) is 19.0 Å². The molecule has 0 amide bonds. The van der Waals surface area contributed by atoms with Crippen LogP contribution in [0.25, 0.3) is 0 Å². The SMILES string of the molecule is NCCCNS(=O)(=O)c1cnccc1Cl. The number of pyridine rings is 1. The van der Waals surface area contributed by atoms with E-state index in [9.17, 15) is 8.42 Å². The smallest absolute Gasteiger partial charge is 0.243 e. The molecule has 1 aromatic rings. The molecule has 84 valence electrons. The minimum absolute atomic E-state index is 0.0105. The van der Waals surface area contributed by atoms with Gasteiger partial charge in [0.2, 0.25) is 10.0 Å². The maximum Gasteiger partial charge on any atom is 0.243 e. The van der Waals surface area contributed by atoms with Crippen LogP contribution in [0.4, 0.5) is 0 Å². The van der Waals surface area contributed by atoms with Gasteiger partial charge in [0.1, 0.15) is 4.90 Å². The van der Waals surface area contributed by atoms with Gasteiger partial charge in [-0.25, -0.2) is 13.1 Å². The normalized spacial score (nSPS) is 11.6. The molecule has 1 heterocycles. The highest BCUT2D eigenvalue weighted by Gasteiger charge is 2.16. The highest BCUT2D eigenvalue weighted by molar-refractivity contribution is 7.89. The van der Waals surface area contributed by atoms with E-state index in [1.165, 1.54) is 18.5 Å². The Morgan fingerprint density at radius 1 is 1.53 bits per heavy atom. The van der Waals surface area contributed by atoms with E-state index in [1.807, 2.05) is 0 Å². The predicted molar refractivity (Wildman–Crippen MR) is 58.1 cm³/mol. The minimum atomic E-state index is -3.56. The number of rotatable bonds is 5. The molecule has 0 aromatic carbocycles. The standard InChI is InChI=1S/C8H12ClN3O2S/c9-7-2-5-11-6-8(7)15(13,14)12-4-1-3-10/h2,5-6,12H,1,3-4,10H2. The summed E-state index contributed by atoms with van der Waals surface area (Å²) in [7, 11) is -3.56. The fourth-order valence-corrected chi connectivity index (χ4v) is 2.45.